The van der Waals surface area contributed by atoms with Gasteiger partial charge in [0.15, 0.2) is 0 Å². The van der Waals surface area contributed by atoms with Crippen LogP contribution in [0.2, 0.25) is 0 Å². The maximum Gasteiger partial charge on any atom is 0.232 e. The van der Waals surface area contributed by atoms with E-state index in [2.05, 4.69) is 6.07 Å². The summed E-state index contributed by atoms with van der Waals surface area (Å²) in [4.78, 5) is 14.6. The summed E-state index contributed by atoms with van der Waals surface area (Å²) in [6, 6.07) is 7.83. The van der Waals surface area contributed by atoms with Crippen molar-refractivity contribution in [2.45, 2.75) is 25.7 Å². The number of hydrogen-bond acceptors (Lipinski definition) is 3. The first-order valence-electron chi connectivity index (χ1n) is 6.03. The zero-order valence-electron chi connectivity index (χ0n) is 11.1. The number of carbonyl (C=O) groups excluding carboxylic acids is 1. The summed E-state index contributed by atoms with van der Waals surface area (Å²) in [5.74, 6) is 0.509. The summed E-state index contributed by atoms with van der Waals surface area (Å²) in [7, 11) is 0. The van der Waals surface area contributed by atoms with Gasteiger partial charge in [-0.3, -0.25) is 4.79 Å². The number of thioether (sulfide) groups is 1. The maximum atomic E-state index is 11.9. The summed E-state index contributed by atoms with van der Waals surface area (Å²) in [6.45, 7) is 7.39. The molecular weight excluding hydrogens is 244 g/mol. The number of rotatable bonds is 5. The maximum absolute atomic E-state index is 11.9. The first kappa shape index (κ1) is 14.6. The molecule has 1 aromatic carbocycles. The van der Waals surface area contributed by atoms with Crippen LogP contribution in [0.4, 0.5) is 0 Å². The van der Waals surface area contributed by atoms with Crippen LogP contribution in [0.1, 0.15) is 25.0 Å². The van der Waals surface area contributed by atoms with Crippen LogP contribution in [0.25, 0.3) is 0 Å². The summed E-state index contributed by atoms with van der Waals surface area (Å²) in [5.41, 5.74) is 1.74. The minimum Gasteiger partial charge on any atom is -0.343 e. The molecule has 0 heterocycles. The third-order valence-corrected chi connectivity index (χ3v) is 3.76. The summed E-state index contributed by atoms with van der Waals surface area (Å²) in [5, 5.41) is 9.02. The topological polar surface area (TPSA) is 44.1 Å². The van der Waals surface area contributed by atoms with Crippen molar-refractivity contribution in [1.29, 1.82) is 5.26 Å². The van der Waals surface area contributed by atoms with Gasteiger partial charge in [0.25, 0.3) is 0 Å². The standard InChI is InChI=1S/C14H18N2OS/c1-4-16(5-2)14(17)10-18-13-8-11(3)6-7-12(13)9-15/h6-8H,4-5,10H2,1-3H3. The van der Waals surface area contributed by atoms with Gasteiger partial charge in [0.05, 0.1) is 11.3 Å². The molecule has 0 saturated heterocycles. The van der Waals surface area contributed by atoms with Crippen molar-refractivity contribution in [1.82, 2.24) is 4.90 Å². The SMILES string of the molecule is CCN(CC)C(=O)CSc1cc(C)ccc1C#N. The van der Waals surface area contributed by atoms with Crippen molar-refractivity contribution in [3.8, 4) is 6.07 Å². The molecule has 0 unspecified atom stereocenters. The van der Waals surface area contributed by atoms with E-state index in [4.69, 9.17) is 5.26 Å². The van der Waals surface area contributed by atoms with Crippen molar-refractivity contribution < 1.29 is 4.79 Å². The van der Waals surface area contributed by atoms with Gasteiger partial charge < -0.3 is 4.90 Å². The molecule has 0 atom stereocenters. The predicted molar refractivity (Wildman–Crippen MR) is 74.5 cm³/mol. The summed E-state index contributed by atoms with van der Waals surface area (Å²) in [6.07, 6.45) is 0. The molecule has 0 fully saturated rings. The lowest BCUT2D eigenvalue weighted by Crippen LogP contribution is -2.31. The smallest absolute Gasteiger partial charge is 0.232 e. The lowest BCUT2D eigenvalue weighted by molar-refractivity contribution is -0.127. The Morgan fingerprint density at radius 3 is 2.61 bits per heavy atom. The van der Waals surface area contributed by atoms with Gasteiger partial charge in [0, 0.05) is 18.0 Å². The van der Waals surface area contributed by atoms with E-state index in [1.54, 1.807) is 11.0 Å². The van der Waals surface area contributed by atoms with Crippen LogP contribution in [0.15, 0.2) is 23.1 Å². The number of aryl methyl sites for hydroxylation is 1. The van der Waals surface area contributed by atoms with Crippen LogP contribution in [-0.4, -0.2) is 29.6 Å². The first-order chi connectivity index (χ1) is 8.62. The monoisotopic (exact) mass is 262 g/mol. The number of hydrogen-bond donors (Lipinski definition) is 0. The molecule has 0 bridgehead atoms. The van der Waals surface area contributed by atoms with Crippen molar-refractivity contribution >= 4 is 17.7 Å². The second-order valence-corrected chi connectivity index (χ2v) is 4.98. The van der Waals surface area contributed by atoms with E-state index in [0.717, 1.165) is 23.5 Å². The minimum absolute atomic E-state index is 0.121. The van der Waals surface area contributed by atoms with Gasteiger partial charge in [-0.2, -0.15) is 5.26 Å². The minimum atomic E-state index is 0.121. The number of benzene rings is 1. The van der Waals surface area contributed by atoms with Gasteiger partial charge in [-0.05, 0) is 38.5 Å². The number of nitriles is 1. The molecule has 0 aliphatic rings. The van der Waals surface area contributed by atoms with E-state index in [0.29, 0.717) is 11.3 Å². The highest BCUT2D eigenvalue weighted by atomic mass is 32.2. The second-order valence-electron chi connectivity index (χ2n) is 3.97. The zero-order chi connectivity index (χ0) is 13.5. The second kappa shape index (κ2) is 7.07. The van der Waals surface area contributed by atoms with Crippen LogP contribution in [0.5, 0.6) is 0 Å². The average Bonchev–Trinajstić information content (AvgIpc) is 2.38. The van der Waals surface area contributed by atoms with Gasteiger partial charge >= 0.3 is 0 Å². The Morgan fingerprint density at radius 2 is 2.06 bits per heavy atom. The average molecular weight is 262 g/mol. The summed E-state index contributed by atoms with van der Waals surface area (Å²) < 4.78 is 0. The van der Waals surface area contributed by atoms with E-state index in [-0.39, 0.29) is 5.91 Å². The van der Waals surface area contributed by atoms with Gasteiger partial charge in [0.1, 0.15) is 6.07 Å². The third-order valence-electron chi connectivity index (χ3n) is 2.72. The largest absolute Gasteiger partial charge is 0.343 e. The molecular formula is C14H18N2OS. The molecule has 0 aromatic heterocycles. The van der Waals surface area contributed by atoms with Crippen molar-refractivity contribution in [3.63, 3.8) is 0 Å². The Kier molecular flexibility index (Phi) is 5.73. The molecule has 1 aromatic rings. The van der Waals surface area contributed by atoms with Gasteiger partial charge in [-0.15, -0.1) is 11.8 Å². The molecule has 3 nitrogen and oxygen atoms in total. The predicted octanol–water partition coefficient (Wildman–Crippen LogP) is 2.83. The highest BCUT2D eigenvalue weighted by molar-refractivity contribution is 8.00. The van der Waals surface area contributed by atoms with Crippen LogP contribution in [0.3, 0.4) is 0 Å². The summed E-state index contributed by atoms with van der Waals surface area (Å²) >= 11 is 1.44. The molecule has 96 valence electrons. The Bertz CT molecular complexity index is 461. The molecule has 4 heteroatoms. The van der Waals surface area contributed by atoms with Crippen molar-refractivity contribution in [2.75, 3.05) is 18.8 Å². The lowest BCUT2D eigenvalue weighted by Gasteiger charge is -2.18. The molecule has 0 aliphatic heterocycles. The van der Waals surface area contributed by atoms with Gasteiger partial charge in [0.2, 0.25) is 5.91 Å². The Morgan fingerprint density at radius 1 is 1.39 bits per heavy atom. The molecule has 0 spiro atoms. The van der Waals surface area contributed by atoms with E-state index in [9.17, 15) is 4.79 Å². The fraction of sp³-hybridized carbons (Fsp3) is 0.429. The Hall–Kier alpha value is -1.47. The Balaban J connectivity index is 2.72. The van der Waals surface area contributed by atoms with E-state index in [1.807, 2.05) is 32.9 Å². The fourth-order valence-corrected chi connectivity index (χ4v) is 2.65. The van der Waals surface area contributed by atoms with Gasteiger partial charge in [-0.25, -0.2) is 0 Å². The molecule has 1 rings (SSSR count). The Labute approximate surface area is 113 Å². The normalized spacial score (nSPS) is 9.89. The van der Waals surface area contributed by atoms with Crippen molar-refractivity contribution in [3.05, 3.63) is 29.3 Å². The highest BCUT2D eigenvalue weighted by Crippen LogP contribution is 2.23. The molecule has 18 heavy (non-hydrogen) atoms. The van der Waals surface area contributed by atoms with E-state index >= 15 is 0 Å². The number of amides is 1. The fourth-order valence-electron chi connectivity index (χ4n) is 1.65. The van der Waals surface area contributed by atoms with Crippen molar-refractivity contribution in [2.24, 2.45) is 0 Å². The van der Waals surface area contributed by atoms with Crippen LogP contribution in [0, 0.1) is 18.3 Å². The number of carbonyl (C=O) groups is 1. The third kappa shape index (κ3) is 3.78. The molecule has 0 aliphatic carbocycles. The van der Waals surface area contributed by atoms with E-state index in [1.165, 1.54) is 11.8 Å². The quantitative estimate of drug-likeness (QED) is 0.766. The van der Waals surface area contributed by atoms with Crippen LogP contribution in [-0.2, 0) is 4.79 Å². The molecule has 0 saturated carbocycles. The lowest BCUT2D eigenvalue weighted by atomic mass is 10.2. The van der Waals surface area contributed by atoms with E-state index < -0.39 is 0 Å². The first-order valence-corrected chi connectivity index (χ1v) is 7.02. The number of nitrogens with zero attached hydrogens (tertiary/aromatic N) is 2. The zero-order valence-corrected chi connectivity index (χ0v) is 11.9. The highest BCUT2D eigenvalue weighted by Gasteiger charge is 2.11. The molecule has 0 N–H and O–H groups in total. The van der Waals surface area contributed by atoms with Crippen LogP contribution < -0.4 is 0 Å². The molecule has 1 amide bonds. The molecule has 0 radical (unpaired) electrons. The van der Waals surface area contributed by atoms with Crippen LogP contribution >= 0.6 is 11.8 Å². The van der Waals surface area contributed by atoms with Gasteiger partial charge in [-0.1, -0.05) is 6.07 Å².